The van der Waals surface area contributed by atoms with Gasteiger partial charge in [0, 0.05) is 18.1 Å². The van der Waals surface area contributed by atoms with Gasteiger partial charge in [0.1, 0.15) is 0 Å². The molecule has 2 heterocycles. The van der Waals surface area contributed by atoms with E-state index in [1.54, 1.807) is 23.5 Å². The number of aromatic nitrogens is 1. The minimum atomic E-state index is -0.367. The summed E-state index contributed by atoms with van der Waals surface area (Å²) >= 11 is 1.67. The monoisotopic (exact) mass is 277 g/mol. The van der Waals surface area contributed by atoms with Crippen LogP contribution in [-0.2, 0) is 0 Å². The number of hydrogen-bond acceptors (Lipinski definition) is 5. The highest BCUT2D eigenvalue weighted by atomic mass is 32.1. The van der Waals surface area contributed by atoms with Crippen LogP contribution >= 0.6 is 11.3 Å². The van der Waals surface area contributed by atoms with Crippen LogP contribution < -0.4 is 0 Å². The Bertz CT molecular complexity index is 617. The van der Waals surface area contributed by atoms with E-state index in [-0.39, 0.29) is 10.6 Å². The summed E-state index contributed by atoms with van der Waals surface area (Å²) in [6.45, 7) is 2.20. The highest BCUT2D eigenvalue weighted by Gasteiger charge is 2.22. The molecule has 1 aromatic heterocycles. The van der Waals surface area contributed by atoms with E-state index in [2.05, 4.69) is 16.9 Å². The molecule has 19 heavy (non-hydrogen) atoms. The Kier molecular flexibility index (Phi) is 3.20. The fourth-order valence-corrected chi connectivity index (χ4v) is 3.59. The van der Waals surface area contributed by atoms with Gasteiger partial charge in [-0.1, -0.05) is 0 Å². The van der Waals surface area contributed by atoms with Gasteiger partial charge < -0.3 is 4.90 Å². The van der Waals surface area contributed by atoms with Crippen molar-refractivity contribution >= 4 is 27.2 Å². The number of nitro groups is 1. The van der Waals surface area contributed by atoms with Gasteiger partial charge in [0.25, 0.3) is 5.69 Å². The predicted molar refractivity (Wildman–Crippen MR) is 75.7 cm³/mol. The van der Waals surface area contributed by atoms with E-state index in [1.807, 2.05) is 6.07 Å². The summed E-state index contributed by atoms with van der Waals surface area (Å²) < 4.78 is 1.04. The molecule has 2 aromatic rings. The molecule has 0 amide bonds. The second kappa shape index (κ2) is 4.86. The van der Waals surface area contributed by atoms with Crippen LogP contribution in [0.15, 0.2) is 18.2 Å². The van der Waals surface area contributed by atoms with Gasteiger partial charge in [-0.2, -0.15) is 0 Å². The number of benzene rings is 1. The zero-order valence-corrected chi connectivity index (χ0v) is 11.5. The molecule has 1 aliphatic rings. The van der Waals surface area contributed by atoms with Gasteiger partial charge in [-0.05, 0) is 39.0 Å². The first-order valence-corrected chi connectivity index (χ1v) is 7.18. The lowest BCUT2D eigenvalue weighted by Gasteiger charge is -2.27. The molecule has 0 spiro atoms. The fourth-order valence-electron chi connectivity index (χ4n) is 2.48. The highest BCUT2D eigenvalue weighted by molar-refractivity contribution is 7.18. The smallest absolute Gasteiger partial charge is 0.271 e. The van der Waals surface area contributed by atoms with Crippen molar-refractivity contribution in [3.63, 3.8) is 0 Å². The maximum atomic E-state index is 10.8. The third-order valence-electron chi connectivity index (χ3n) is 3.67. The van der Waals surface area contributed by atoms with Gasteiger partial charge in [0.2, 0.25) is 0 Å². The number of nitro benzene ring substituents is 1. The van der Waals surface area contributed by atoms with Gasteiger partial charge in [0.15, 0.2) is 0 Å². The Balaban J connectivity index is 1.91. The van der Waals surface area contributed by atoms with E-state index in [4.69, 9.17) is 0 Å². The maximum Gasteiger partial charge on any atom is 0.271 e. The van der Waals surface area contributed by atoms with E-state index in [1.165, 1.54) is 0 Å². The summed E-state index contributed by atoms with van der Waals surface area (Å²) in [6, 6.07) is 4.94. The minimum Gasteiger partial charge on any atom is -0.306 e. The van der Waals surface area contributed by atoms with Crippen molar-refractivity contribution in [3.05, 3.63) is 33.3 Å². The molecule has 0 atom stereocenters. The Hall–Kier alpha value is -1.53. The van der Waals surface area contributed by atoms with Crippen molar-refractivity contribution in [1.29, 1.82) is 0 Å². The van der Waals surface area contributed by atoms with Gasteiger partial charge in [-0.15, -0.1) is 11.3 Å². The van der Waals surface area contributed by atoms with Crippen LogP contribution in [0.3, 0.4) is 0 Å². The Morgan fingerprint density at radius 1 is 1.42 bits per heavy atom. The third kappa shape index (κ3) is 2.46. The van der Waals surface area contributed by atoms with Crippen molar-refractivity contribution in [2.75, 3.05) is 20.1 Å². The molecule has 1 fully saturated rings. The van der Waals surface area contributed by atoms with Crippen LogP contribution in [-0.4, -0.2) is 34.9 Å². The number of hydrogen-bond donors (Lipinski definition) is 0. The molecular weight excluding hydrogens is 262 g/mol. The molecule has 0 aliphatic carbocycles. The minimum absolute atomic E-state index is 0.118. The molecule has 0 radical (unpaired) electrons. The molecule has 6 heteroatoms. The number of likely N-dealkylation sites (tertiary alicyclic amines) is 1. The molecule has 1 aliphatic heterocycles. The van der Waals surface area contributed by atoms with Crippen LogP contribution in [0.1, 0.15) is 23.8 Å². The predicted octanol–water partition coefficient (Wildman–Crippen LogP) is 3.01. The van der Waals surface area contributed by atoms with Gasteiger partial charge >= 0.3 is 0 Å². The van der Waals surface area contributed by atoms with Gasteiger partial charge in [0.05, 0.1) is 20.1 Å². The van der Waals surface area contributed by atoms with Crippen LogP contribution in [0, 0.1) is 10.1 Å². The van der Waals surface area contributed by atoms with Crippen molar-refractivity contribution in [2.45, 2.75) is 18.8 Å². The third-order valence-corrected chi connectivity index (χ3v) is 4.87. The normalized spacial score (nSPS) is 17.9. The van der Waals surface area contributed by atoms with Crippen LogP contribution in [0.2, 0.25) is 0 Å². The second-order valence-electron chi connectivity index (χ2n) is 5.04. The van der Waals surface area contributed by atoms with E-state index in [0.29, 0.717) is 5.92 Å². The van der Waals surface area contributed by atoms with E-state index >= 15 is 0 Å². The zero-order chi connectivity index (χ0) is 13.4. The van der Waals surface area contributed by atoms with E-state index < -0.39 is 0 Å². The summed E-state index contributed by atoms with van der Waals surface area (Å²) in [7, 11) is 2.14. The van der Waals surface area contributed by atoms with Crippen LogP contribution in [0.25, 0.3) is 10.2 Å². The van der Waals surface area contributed by atoms with Crippen LogP contribution in [0.4, 0.5) is 5.69 Å². The van der Waals surface area contributed by atoms with E-state index in [0.717, 1.165) is 41.2 Å². The molecule has 100 valence electrons. The molecule has 0 saturated carbocycles. The number of non-ortho nitro benzene ring substituents is 1. The molecule has 0 bridgehead atoms. The van der Waals surface area contributed by atoms with Crippen molar-refractivity contribution in [3.8, 4) is 0 Å². The lowest BCUT2D eigenvalue weighted by atomic mass is 9.98. The van der Waals surface area contributed by atoms with Crippen molar-refractivity contribution < 1.29 is 4.92 Å². The molecule has 5 nitrogen and oxygen atoms in total. The lowest BCUT2D eigenvalue weighted by Crippen LogP contribution is -2.29. The summed E-state index contributed by atoms with van der Waals surface area (Å²) in [6.07, 6.45) is 2.25. The SMILES string of the molecule is CN1CCC(c2nc3cc([N+](=O)[O-])ccc3s2)CC1. The van der Waals surface area contributed by atoms with Gasteiger partial charge in [-0.3, -0.25) is 10.1 Å². The Morgan fingerprint density at radius 3 is 2.84 bits per heavy atom. The van der Waals surface area contributed by atoms with Crippen molar-refractivity contribution in [2.24, 2.45) is 0 Å². The molecule has 1 aromatic carbocycles. The Morgan fingerprint density at radius 2 is 2.16 bits per heavy atom. The van der Waals surface area contributed by atoms with Crippen LogP contribution in [0.5, 0.6) is 0 Å². The second-order valence-corrected chi connectivity index (χ2v) is 6.10. The molecule has 0 N–H and O–H groups in total. The zero-order valence-electron chi connectivity index (χ0n) is 10.7. The average Bonchev–Trinajstić information content (AvgIpc) is 2.82. The first-order valence-electron chi connectivity index (χ1n) is 6.37. The molecule has 3 rings (SSSR count). The summed E-state index contributed by atoms with van der Waals surface area (Å²) in [4.78, 5) is 17.3. The van der Waals surface area contributed by atoms with Gasteiger partial charge in [-0.25, -0.2) is 4.98 Å². The Labute approximate surface area is 115 Å². The number of rotatable bonds is 2. The standard InChI is InChI=1S/C13H15N3O2S/c1-15-6-4-9(5-7-15)13-14-11-8-10(16(17)18)2-3-12(11)19-13/h2-3,8-9H,4-7H2,1H3. The van der Waals surface area contributed by atoms with Crippen molar-refractivity contribution in [1.82, 2.24) is 9.88 Å². The van der Waals surface area contributed by atoms with E-state index in [9.17, 15) is 10.1 Å². The largest absolute Gasteiger partial charge is 0.306 e. The number of nitrogens with zero attached hydrogens (tertiary/aromatic N) is 3. The quantitative estimate of drug-likeness (QED) is 0.625. The average molecular weight is 277 g/mol. The lowest BCUT2D eigenvalue weighted by molar-refractivity contribution is -0.384. The highest BCUT2D eigenvalue weighted by Crippen LogP contribution is 2.34. The maximum absolute atomic E-state index is 10.8. The summed E-state index contributed by atoms with van der Waals surface area (Å²) in [5.74, 6) is 0.507. The summed E-state index contributed by atoms with van der Waals surface area (Å²) in [5.41, 5.74) is 0.876. The first-order chi connectivity index (χ1) is 9.13. The number of thiazole rings is 1. The number of piperidine rings is 1. The fraction of sp³-hybridized carbons (Fsp3) is 0.462. The number of fused-ring (bicyclic) bond motifs is 1. The topological polar surface area (TPSA) is 59.3 Å². The molecular formula is C13H15N3O2S. The summed E-state index contributed by atoms with van der Waals surface area (Å²) in [5, 5.41) is 11.9. The molecule has 1 saturated heterocycles. The molecule has 0 unspecified atom stereocenters. The first kappa shape index (κ1) is 12.5.